The van der Waals surface area contributed by atoms with Gasteiger partial charge in [-0.05, 0) is 31.1 Å². The summed E-state index contributed by atoms with van der Waals surface area (Å²) in [5.74, 6) is 1.14. The summed E-state index contributed by atoms with van der Waals surface area (Å²) >= 11 is 0. The third-order valence-corrected chi connectivity index (χ3v) is 3.36. The Labute approximate surface area is 68.1 Å². The molecule has 1 fully saturated rings. The van der Waals surface area contributed by atoms with Gasteiger partial charge in [0.2, 0.25) is 0 Å². The number of fused-ring (bicyclic) bond motifs is 1. The summed E-state index contributed by atoms with van der Waals surface area (Å²) in [4.78, 5) is 0. The van der Waals surface area contributed by atoms with E-state index in [1.54, 1.807) is 0 Å². The normalized spacial score (nSPS) is 49.3. The molecule has 1 saturated carbocycles. The molecule has 0 radical (unpaired) electrons. The van der Waals surface area contributed by atoms with Crippen LogP contribution in [0.1, 0.15) is 32.6 Å². The molecule has 0 saturated heterocycles. The zero-order chi connectivity index (χ0) is 7.90. The van der Waals surface area contributed by atoms with Crippen LogP contribution in [0, 0.1) is 11.8 Å². The zero-order valence-electron chi connectivity index (χ0n) is 7.09. The molecule has 0 aliphatic heterocycles. The first-order valence-corrected chi connectivity index (χ1v) is 4.61. The van der Waals surface area contributed by atoms with Crippen LogP contribution in [0.4, 0.5) is 0 Å². The maximum absolute atomic E-state index is 10.1. The van der Waals surface area contributed by atoms with Crippen molar-refractivity contribution in [1.82, 2.24) is 0 Å². The van der Waals surface area contributed by atoms with Gasteiger partial charge in [-0.2, -0.15) is 0 Å². The van der Waals surface area contributed by atoms with E-state index in [1.165, 1.54) is 12.8 Å². The number of aliphatic hydroxyl groups is 1. The molecular weight excluding hydrogens is 136 g/mol. The first-order valence-electron chi connectivity index (χ1n) is 4.61. The molecule has 0 aromatic rings. The average molecular weight is 152 g/mol. The van der Waals surface area contributed by atoms with Gasteiger partial charge in [0.15, 0.2) is 0 Å². The van der Waals surface area contributed by atoms with Crippen molar-refractivity contribution in [3.8, 4) is 0 Å². The van der Waals surface area contributed by atoms with E-state index in [9.17, 15) is 5.11 Å². The van der Waals surface area contributed by atoms with Crippen LogP contribution in [0.25, 0.3) is 0 Å². The molecule has 2 rings (SSSR count). The highest BCUT2D eigenvalue weighted by atomic mass is 16.3. The van der Waals surface area contributed by atoms with Gasteiger partial charge in [0.25, 0.3) is 0 Å². The molecule has 3 atom stereocenters. The van der Waals surface area contributed by atoms with E-state index in [0.29, 0.717) is 11.8 Å². The van der Waals surface area contributed by atoms with E-state index in [-0.39, 0.29) is 5.60 Å². The highest BCUT2D eigenvalue weighted by molar-refractivity contribution is 5.08. The Morgan fingerprint density at radius 3 is 3.09 bits per heavy atom. The summed E-state index contributed by atoms with van der Waals surface area (Å²) in [6, 6.07) is 0. The molecule has 1 nitrogen and oxygen atoms in total. The van der Waals surface area contributed by atoms with E-state index < -0.39 is 0 Å². The molecule has 0 aromatic heterocycles. The molecule has 2 aliphatic rings. The summed E-state index contributed by atoms with van der Waals surface area (Å²) in [6.45, 7) is 2.22. The van der Waals surface area contributed by atoms with Crippen LogP contribution >= 0.6 is 0 Å². The van der Waals surface area contributed by atoms with Crippen molar-refractivity contribution in [3.63, 3.8) is 0 Å². The first-order chi connectivity index (χ1) is 5.22. The van der Waals surface area contributed by atoms with E-state index in [2.05, 4.69) is 19.1 Å². The molecule has 11 heavy (non-hydrogen) atoms. The molecular formula is C10H16O. The lowest BCUT2D eigenvalue weighted by Gasteiger charge is -2.35. The van der Waals surface area contributed by atoms with Crippen LogP contribution in [0.2, 0.25) is 0 Å². The van der Waals surface area contributed by atoms with Crippen LogP contribution < -0.4 is 0 Å². The van der Waals surface area contributed by atoms with Crippen molar-refractivity contribution >= 4 is 0 Å². The predicted molar refractivity (Wildman–Crippen MR) is 45.2 cm³/mol. The number of allylic oxidation sites excluding steroid dienone is 1. The van der Waals surface area contributed by atoms with Gasteiger partial charge in [-0.15, -0.1) is 0 Å². The minimum absolute atomic E-state index is 0.325. The maximum Gasteiger partial charge on any atom is 0.0715 e. The molecule has 62 valence electrons. The molecule has 0 aromatic carbocycles. The number of rotatable bonds is 0. The topological polar surface area (TPSA) is 20.2 Å². The summed E-state index contributed by atoms with van der Waals surface area (Å²) in [5.41, 5.74) is -0.325. The molecule has 0 bridgehead atoms. The number of hydrogen-bond acceptors (Lipinski definition) is 1. The maximum atomic E-state index is 10.1. The Morgan fingerprint density at radius 1 is 1.55 bits per heavy atom. The van der Waals surface area contributed by atoms with Gasteiger partial charge in [-0.3, -0.25) is 0 Å². The van der Waals surface area contributed by atoms with Crippen molar-refractivity contribution < 1.29 is 5.11 Å². The lowest BCUT2D eigenvalue weighted by atomic mass is 9.75. The van der Waals surface area contributed by atoms with Gasteiger partial charge < -0.3 is 5.11 Å². The Morgan fingerprint density at radius 2 is 2.36 bits per heavy atom. The highest BCUT2D eigenvalue weighted by Gasteiger charge is 2.43. The smallest absolute Gasteiger partial charge is 0.0715 e. The van der Waals surface area contributed by atoms with Gasteiger partial charge in [0, 0.05) is 0 Å². The second-order valence-electron chi connectivity index (χ2n) is 4.09. The molecule has 1 heteroatoms. The van der Waals surface area contributed by atoms with Gasteiger partial charge in [-0.1, -0.05) is 25.5 Å². The fraction of sp³-hybridized carbons (Fsp3) is 0.800. The van der Waals surface area contributed by atoms with E-state index >= 15 is 0 Å². The van der Waals surface area contributed by atoms with Crippen molar-refractivity contribution in [2.24, 2.45) is 11.8 Å². The fourth-order valence-electron chi connectivity index (χ4n) is 2.71. The minimum Gasteiger partial charge on any atom is -0.389 e. The lowest BCUT2D eigenvalue weighted by molar-refractivity contribution is -0.0135. The average Bonchev–Trinajstić information content (AvgIpc) is 2.31. The molecule has 0 unspecified atom stereocenters. The van der Waals surface area contributed by atoms with Crippen molar-refractivity contribution in [2.75, 3.05) is 0 Å². The van der Waals surface area contributed by atoms with Crippen LogP contribution in [0.3, 0.4) is 0 Å². The third-order valence-electron chi connectivity index (χ3n) is 3.36. The Kier molecular flexibility index (Phi) is 1.57. The fourth-order valence-corrected chi connectivity index (χ4v) is 2.71. The quantitative estimate of drug-likeness (QED) is 0.527. The van der Waals surface area contributed by atoms with Gasteiger partial charge in [0.05, 0.1) is 5.60 Å². The van der Waals surface area contributed by atoms with Crippen molar-refractivity contribution in [3.05, 3.63) is 12.2 Å². The summed E-state index contributed by atoms with van der Waals surface area (Å²) in [5, 5.41) is 10.1. The SMILES string of the molecule is C[C@H]1C=CC[C@]2(O)CCC[C@H]12. The standard InChI is InChI=1S/C10H16O/c1-8-4-2-6-10(11)7-3-5-9(8)10/h2,4,8-9,11H,3,5-7H2,1H3/t8-,9+,10-/m0/s1. The van der Waals surface area contributed by atoms with Gasteiger partial charge in [0.1, 0.15) is 0 Å². The monoisotopic (exact) mass is 152 g/mol. The van der Waals surface area contributed by atoms with Crippen LogP contribution in [-0.4, -0.2) is 10.7 Å². The highest BCUT2D eigenvalue weighted by Crippen LogP contribution is 2.45. The second kappa shape index (κ2) is 2.34. The largest absolute Gasteiger partial charge is 0.389 e. The zero-order valence-corrected chi connectivity index (χ0v) is 7.09. The summed E-state index contributed by atoms with van der Waals surface area (Å²) < 4.78 is 0. The van der Waals surface area contributed by atoms with Crippen LogP contribution in [0.5, 0.6) is 0 Å². The van der Waals surface area contributed by atoms with Gasteiger partial charge in [-0.25, -0.2) is 0 Å². The van der Waals surface area contributed by atoms with Crippen LogP contribution in [0.15, 0.2) is 12.2 Å². The van der Waals surface area contributed by atoms with Crippen molar-refractivity contribution in [2.45, 2.75) is 38.2 Å². The Balaban J connectivity index is 2.25. The van der Waals surface area contributed by atoms with E-state index in [0.717, 1.165) is 12.8 Å². The van der Waals surface area contributed by atoms with Crippen molar-refractivity contribution in [1.29, 1.82) is 0 Å². The summed E-state index contributed by atoms with van der Waals surface area (Å²) in [7, 11) is 0. The molecule has 0 spiro atoms. The minimum atomic E-state index is -0.325. The van der Waals surface area contributed by atoms with Gasteiger partial charge >= 0.3 is 0 Å². The van der Waals surface area contributed by atoms with E-state index in [4.69, 9.17) is 0 Å². The molecule has 1 N–H and O–H groups in total. The second-order valence-corrected chi connectivity index (χ2v) is 4.09. The third kappa shape index (κ3) is 1.02. The number of hydrogen-bond donors (Lipinski definition) is 1. The predicted octanol–water partition coefficient (Wildman–Crippen LogP) is 2.11. The first kappa shape index (κ1) is 7.35. The molecule has 0 heterocycles. The lowest BCUT2D eigenvalue weighted by Crippen LogP contribution is -2.37. The molecule has 2 aliphatic carbocycles. The van der Waals surface area contributed by atoms with Crippen LogP contribution in [-0.2, 0) is 0 Å². The van der Waals surface area contributed by atoms with E-state index in [1.807, 2.05) is 0 Å². The summed E-state index contributed by atoms with van der Waals surface area (Å²) in [6.07, 6.45) is 8.75. The Bertz CT molecular complexity index is 185. The Hall–Kier alpha value is -0.300. The molecule has 0 amide bonds.